The van der Waals surface area contributed by atoms with E-state index in [1.165, 1.54) is 0 Å². The van der Waals surface area contributed by atoms with Crippen LogP contribution in [0, 0.1) is 5.41 Å². The predicted octanol–water partition coefficient (Wildman–Crippen LogP) is 1.28. The van der Waals surface area contributed by atoms with Gasteiger partial charge in [-0.1, -0.05) is 12.1 Å². The van der Waals surface area contributed by atoms with Gasteiger partial charge in [-0.25, -0.2) is 0 Å². The van der Waals surface area contributed by atoms with Crippen molar-refractivity contribution in [2.24, 2.45) is 12.8 Å². The minimum Gasteiger partial charge on any atom is -0.486 e. The monoisotopic (exact) mass is 230 g/mol. The third-order valence-electron chi connectivity index (χ3n) is 2.32. The first kappa shape index (κ1) is 11.2. The standard InChI is InChI=1S/C12H14N4O/c1-16-7-6-9(15-16)8-17-11-5-3-2-4-10(11)12(13)14/h2-7H,8H2,1H3,(H3,13,14). The number of para-hydroxylation sites is 1. The first-order valence-electron chi connectivity index (χ1n) is 5.21. The van der Waals surface area contributed by atoms with Gasteiger partial charge in [-0.15, -0.1) is 0 Å². The lowest BCUT2D eigenvalue weighted by Crippen LogP contribution is -2.13. The van der Waals surface area contributed by atoms with Crippen LogP contribution in [0.4, 0.5) is 0 Å². The largest absolute Gasteiger partial charge is 0.486 e. The van der Waals surface area contributed by atoms with Gasteiger partial charge in [-0.05, 0) is 18.2 Å². The Bertz CT molecular complexity index is 533. The summed E-state index contributed by atoms with van der Waals surface area (Å²) in [5, 5.41) is 11.6. The third-order valence-corrected chi connectivity index (χ3v) is 2.32. The van der Waals surface area contributed by atoms with Crippen LogP contribution < -0.4 is 10.5 Å². The normalized spacial score (nSPS) is 10.2. The van der Waals surface area contributed by atoms with E-state index in [0.29, 0.717) is 17.9 Å². The second-order valence-electron chi connectivity index (χ2n) is 3.68. The molecule has 0 aliphatic rings. The van der Waals surface area contributed by atoms with Gasteiger partial charge in [0.05, 0.1) is 11.3 Å². The molecule has 5 heteroatoms. The number of benzene rings is 1. The van der Waals surface area contributed by atoms with Crippen molar-refractivity contribution in [3.8, 4) is 5.75 Å². The summed E-state index contributed by atoms with van der Waals surface area (Å²) in [6.45, 7) is 0.366. The summed E-state index contributed by atoms with van der Waals surface area (Å²) in [6.07, 6.45) is 1.86. The third kappa shape index (κ3) is 2.63. The van der Waals surface area contributed by atoms with Crippen molar-refractivity contribution in [1.82, 2.24) is 9.78 Å². The molecule has 2 aromatic rings. The molecule has 1 aromatic heterocycles. The molecule has 0 saturated carbocycles. The molecule has 0 atom stereocenters. The van der Waals surface area contributed by atoms with E-state index >= 15 is 0 Å². The molecule has 0 amide bonds. The molecular formula is C12H14N4O. The zero-order valence-corrected chi connectivity index (χ0v) is 9.55. The highest BCUT2D eigenvalue weighted by Gasteiger charge is 2.06. The molecule has 17 heavy (non-hydrogen) atoms. The number of aromatic nitrogens is 2. The molecule has 0 radical (unpaired) electrons. The molecule has 0 unspecified atom stereocenters. The Morgan fingerprint density at radius 3 is 2.82 bits per heavy atom. The maximum absolute atomic E-state index is 7.44. The molecule has 5 nitrogen and oxygen atoms in total. The Morgan fingerprint density at radius 1 is 1.41 bits per heavy atom. The van der Waals surface area contributed by atoms with Crippen molar-refractivity contribution in [2.45, 2.75) is 6.61 Å². The number of nitrogen functional groups attached to an aromatic ring is 1. The second kappa shape index (κ2) is 4.69. The summed E-state index contributed by atoms with van der Waals surface area (Å²) in [7, 11) is 1.85. The molecule has 0 aliphatic heterocycles. The fourth-order valence-electron chi connectivity index (χ4n) is 1.51. The summed E-state index contributed by atoms with van der Waals surface area (Å²) in [5.41, 5.74) is 6.91. The second-order valence-corrected chi connectivity index (χ2v) is 3.68. The zero-order chi connectivity index (χ0) is 12.3. The van der Waals surface area contributed by atoms with E-state index in [1.807, 2.05) is 31.4 Å². The lowest BCUT2D eigenvalue weighted by molar-refractivity contribution is 0.299. The average Bonchev–Trinajstić information content (AvgIpc) is 2.73. The van der Waals surface area contributed by atoms with Crippen LogP contribution in [0.15, 0.2) is 36.5 Å². The highest BCUT2D eigenvalue weighted by molar-refractivity contribution is 5.97. The molecule has 3 N–H and O–H groups in total. The summed E-state index contributed by atoms with van der Waals surface area (Å²) in [4.78, 5) is 0. The molecule has 0 saturated heterocycles. The van der Waals surface area contributed by atoms with Gasteiger partial charge in [0, 0.05) is 13.2 Å². The summed E-state index contributed by atoms with van der Waals surface area (Å²) in [6, 6.07) is 9.11. The van der Waals surface area contributed by atoms with Crippen LogP contribution >= 0.6 is 0 Å². The Labute approximate surface area is 99.3 Å². The fourth-order valence-corrected chi connectivity index (χ4v) is 1.51. The maximum atomic E-state index is 7.44. The highest BCUT2D eigenvalue weighted by Crippen LogP contribution is 2.18. The van der Waals surface area contributed by atoms with Gasteiger partial charge in [0.25, 0.3) is 0 Å². The van der Waals surface area contributed by atoms with E-state index in [9.17, 15) is 0 Å². The number of rotatable bonds is 4. The molecule has 88 valence electrons. The van der Waals surface area contributed by atoms with Crippen molar-refractivity contribution in [3.05, 3.63) is 47.8 Å². The van der Waals surface area contributed by atoms with E-state index < -0.39 is 0 Å². The van der Waals surface area contributed by atoms with Gasteiger partial charge in [0.15, 0.2) is 0 Å². The van der Waals surface area contributed by atoms with Gasteiger partial charge < -0.3 is 10.5 Å². The van der Waals surface area contributed by atoms with Crippen LogP contribution in [0.25, 0.3) is 0 Å². The van der Waals surface area contributed by atoms with Crippen molar-refractivity contribution in [3.63, 3.8) is 0 Å². The molecule has 0 spiro atoms. The average molecular weight is 230 g/mol. The quantitative estimate of drug-likeness (QED) is 0.613. The van der Waals surface area contributed by atoms with E-state index in [-0.39, 0.29) is 5.84 Å². The number of nitrogens with zero attached hydrogens (tertiary/aromatic N) is 2. The number of nitrogens with one attached hydrogen (secondary N) is 1. The minimum absolute atomic E-state index is 0.00150. The van der Waals surface area contributed by atoms with E-state index in [2.05, 4.69) is 5.10 Å². The van der Waals surface area contributed by atoms with Gasteiger partial charge >= 0.3 is 0 Å². The lowest BCUT2D eigenvalue weighted by atomic mass is 10.2. The molecule has 1 heterocycles. The number of aryl methyl sites for hydroxylation is 1. The minimum atomic E-state index is 0.00150. The number of amidine groups is 1. The van der Waals surface area contributed by atoms with Crippen LogP contribution in [0.5, 0.6) is 5.75 Å². The Balaban J connectivity index is 2.11. The molecule has 0 fully saturated rings. The molecular weight excluding hydrogens is 216 g/mol. The van der Waals surface area contributed by atoms with Gasteiger partial charge in [-0.3, -0.25) is 10.1 Å². The number of nitrogens with two attached hydrogens (primary N) is 1. The Hall–Kier alpha value is -2.30. The lowest BCUT2D eigenvalue weighted by Gasteiger charge is -2.08. The van der Waals surface area contributed by atoms with Crippen molar-refractivity contribution >= 4 is 5.84 Å². The summed E-state index contributed by atoms with van der Waals surface area (Å²) < 4.78 is 7.32. The Morgan fingerprint density at radius 2 is 2.18 bits per heavy atom. The van der Waals surface area contributed by atoms with E-state index in [4.69, 9.17) is 15.9 Å². The highest BCUT2D eigenvalue weighted by atomic mass is 16.5. The number of hydrogen-bond donors (Lipinski definition) is 2. The predicted molar refractivity (Wildman–Crippen MR) is 65.0 cm³/mol. The SMILES string of the molecule is Cn1ccc(COc2ccccc2C(=N)N)n1. The van der Waals surface area contributed by atoms with E-state index in [1.54, 1.807) is 16.8 Å². The van der Waals surface area contributed by atoms with Gasteiger partial charge in [-0.2, -0.15) is 5.10 Å². The van der Waals surface area contributed by atoms with E-state index in [0.717, 1.165) is 5.69 Å². The van der Waals surface area contributed by atoms with Crippen LogP contribution in [0.1, 0.15) is 11.3 Å². The van der Waals surface area contributed by atoms with Crippen LogP contribution in [0.3, 0.4) is 0 Å². The first-order valence-corrected chi connectivity index (χ1v) is 5.21. The van der Waals surface area contributed by atoms with Gasteiger partial charge in [0.1, 0.15) is 18.2 Å². The topological polar surface area (TPSA) is 76.9 Å². The molecule has 0 aliphatic carbocycles. The van der Waals surface area contributed by atoms with Crippen molar-refractivity contribution in [1.29, 1.82) is 5.41 Å². The molecule has 1 aromatic carbocycles. The van der Waals surface area contributed by atoms with Crippen LogP contribution in [0.2, 0.25) is 0 Å². The molecule has 0 bridgehead atoms. The summed E-state index contributed by atoms with van der Waals surface area (Å²) in [5.74, 6) is 0.604. The number of ether oxygens (including phenoxy) is 1. The number of hydrogen-bond acceptors (Lipinski definition) is 3. The zero-order valence-electron chi connectivity index (χ0n) is 9.55. The van der Waals surface area contributed by atoms with Crippen LogP contribution in [-0.2, 0) is 13.7 Å². The van der Waals surface area contributed by atoms with Crippen molar-refractivity contribution in [2.75, 3.05) is 0 Å². The van der Waals surface area contributed by atoms with Gasteiger partial charge in [0.2, 0.25) is 0 Å². The van der Waals surface area contributed by atoms with Crippen LogP contribution in [-0.4, -0.2) is 15.6 Å². The fraction of sp³-hybridized carbons (Fsp3) is 0.167. The summed E-state index contributed by atoms with van der Waals surface area (Å²) >= 11 is 0. The maximum Gasteiger partial charge on any atom is 0.132 e. The molecule has 2 rings (SSSR count). The smallest absolute Gasteiger partial charge is 0.132 e. The Kier molecular flexibility index (Phi) is 3.09. The first-order chi connectivity index (χ1) is 8.16. The van der Waals surface area contributed by atoms with Crippen molar-refractivity contribution < 1.29 is 4.74 Å².